The van der Waals surface area contributed by atoms with Gasteiger partial charge in [0.1, 0.15) is 5.75 Å². The third kappa shape index (κ3) is 7.49. The van der Waals surface area contributed by atoms with Crippen molar-refractivity contribution in [2.24, 2.45) is 0 Å². The first-order valence-electron chi connectivity index (χ1n) is 6.20. The third-order valence-electron chi connectivity index (χ3n) is 2.50. The molecule has 3 nitrogen and oxygen atoms in total. The molecule has 8 heteroatoms. The molecule has 0 radical (unpaired) electrons. The number of alkyl halides is 3. The van der Waals surface area contributed by atoms with Gasteiger partial charge in [-0.1, -0.05) is 0 Å². The summed E-state index contributed by atoms with van der Waals surface area (Å²) >= 11 is 6.63. The number of ether oxygens (including phenoxy) is 2. The van der Waals surface area contributed by atoms with Gasteiger partial charge in [0.05, 0.1) is 28.6 Å². The van der Waals surface area contributed by atoms with E-state index in [0.717, 1.165) is 12.1 Å². The average molecular weight is 435 g/mol. The van der Waals surface area contributed by atoms with Gasteiger partial charge in [0, 0.05) is 20.2 Å². The second-order valence-electron chi connectivity index (χ2n) is 4.27. The van der Waals surface area contributed by atoms with Crippen LogP contribution < -0.4 is 10.1 Å². The Morgan fingerprint density at radius 2 is 1.76 bits per heavy atom. The number of nitrogens with one attached hydrogen (secondary N) is 1. The summed E-state index contributed by atoms with van der Waals surface area (Å²) in [5.74, 6) is 0.375. The van der Waals surface area contributed by atoms with Crippen LogP contribution in [0.3, 0.4) is 0 Å². The fourth-order valence-corrected chi connectivity index (χ4v) is 3.04. The molecule has 0 spiro atoms. The van der Waals surface area contributed by atoms with E-state index in [1.807, 2.05) is 12.1 Å². The summed E-state index contributed by atoms with van der Waals surface area (Å²) in [4.78, 5) is 0. The third-order valence-corrected chi connectivity index (χ3v) is 3.68. The van der Waals surface area contributed by atoms with E-state index in [4.69, 9.17) is 9.47 Å². The van der Waals surface area contributed by atoms with Crippen LogP contribution in [-0.2, 0) is 11.3 Å². The summed E-state index contributed by atoms with van der Waals surface area (Å²) in [5.41, 5.74) is 0.980. The topological polar surface area (TPSA) is 30.5 Å². The number of benzene rings is 1. The molecule has 0 unspecified atom stereocenters. The van der Waals surface area contributed by atoms with Crippen molar-refractivity contribution in [1.82, 2.24) is 5.32 Å². The van der Waals surface area contributed by atoms with E-state index in [9.17, 15) is 13.2 Å². The van der Waals surface area contributed by atoms with Gasteiger partial charge in [0.15, 0.2) is 0 Å². The van der Waals surface area contributed by atoms with E-state index in [2.05, 4.69) is 37.2 Å². The predicted octanol–water partition coefficient (Wildman–Crippen LogP) is 4.28. The largest absolute Gasteiger partial charge is 0.491 e. The molecular weight excluding hydrogens is 419 g/mol. The molecule has 0 aliphatic rings. The Balaban J connectivity index is 2.58. The van der Waals surface area contributed by atoms with Gasteiger partial charge in [-0.2, -0.15) is 13.2 Å². The van der Waals surface area contributed by atoms with Crippen LogP contribution in [0.15, 0.2) is 21.1 Å². The molecule has 0 saturated heterocycles. The Bertz CT molecular complexity index is 433. The van der Waals surface area contributed by atoms with Crippen molar-refractivity contribution in [3.05, 3.63) is 26.6 Å². The van der Waals surface area contributed by atoms with Gasteiger partial charge in [-0.05, 0) is 49.6 Å². The van der Waals surface area contributed by atoms with E-state index in [1.165, 1.54) is 0 Å². The number of hydrogen-bond donors (Lipinski definition) is 1. The van der Waals surface area contributed by atoms with Gasteiger partial charge in [-0.25, -0.2) is 0 Å². The number of rotatable bonds is 8. The zero-order chi connectivity index (χ0) is 15.9. The van der Waals surface area contributed by atoms with Gasteiger partial charge >= 0.3 is 6.18 Å². The first kappa shape index (κ1) is 18.7. The van der Waals surface area contributed by atoms with Crippen molar-refractivity contribution >= 4 is 31.9 Å². The highest BCUT2D eigenvalue weighted by Gasteiger charge is 2.27. The van der Waals surface area contributed by atoms with Crippen molar-refractivity contribution < 1.29 is 22.6 Å². The van der Waals surface area contributed by atoms with Crippen molar-refractivity contribution in [2.45, 2.75) is 19.1 Å². The van der Waals surface area contributed by atoms with E-state index >= 15 is 0 Å². The van der Waals surface area contributed by atoms with E-state index in [0.29, 0.717) is 27.8 Å². The molecular formula is C13H16Br2F3NO2. The highest BCUT2D eigenvalue weighted by Crippen LogP contribution is 2.35. The normalized spacial score (nSPS) is 11.7. The zero-order valence-corrected chi connectivity index (χ0v) is 14.6. The molecule has 0 bridgehead atoms. The summed E-state index contributed by atoms with van der Waals surface area (Å²) in [6, 6.07) is 3.63. The molecule has 1 N–H and O–H groups in total. The van der Waals surface area contributed by atoms with Crippen LogP contribution in [0.1, 0.15) is 12.0 Å². The summed E-state index contributed by atoms with van der Waals surface area (Å²) < 4.78 is 47.7. The van der Waals surface area contributed by atoms with Gasteiger partial charge in [-0.15, -0.1) is 0 Å². The maximum atomic E-state index is 12.1. The first-order chi connectivity index (χ1) is 9.83. The minimum atomic E-state index is -4.22. The SMILES string of the molecule is COCCNCc1cc(Br)c(OCCC(F)(F)F)c(Br)c1. The molecule has 0 fully saturated rings. The standard InChI is InChI=1S/C13H16Br2F3NO2/c1-20-5-3-19-8-9-6-10(14)12(11(15)7-9)21-4-2-13(16,17)18/h6-7,19H,2-5,8H2,1H3. The molecule has 0 amide bonds. The van der Waals surface area contributed by atoms with Crippen LogP contribution in [0.25, 0.3) is 0 Å². The van der Waals surface area contributed by atoms with Crippen LogP contribution in [0.5, 0.6) is 5.75 Å². The highest BCUT2D eigenvalue weighted by molar-refractivity contribution is 9.11. The van der Waals surface area contributed by atoms with Crippen LogP contribution in [-0.4, -0.2) is 33.0 Å². The Morgan fingerprint density at radius 3 is 2.29 bits per heavy atom. The molecule has 0 aliphatic carbocycles. The predicted molar refractivity (Wildman–Crippen MR) is 81.6 cm³/mol. The Morgan fingerprint density at radius 1 is 1.14 bits per heavy atom. The van der Waals surface area contributed by atoms with Crippen LogP contribution in [0.2, 0.25) is 0 Å². The van der Waals surface area contributed by atoms with Crippen molar-refractivity contribution in [2.75, 3.05) is 26.9 Å². The average Bonchev–Trinajstić information content (AvgIpc) is 2.37. The van der Waals surface area contributed by atoms with Gasteiger partial charge in [0.25, 0.3) is 0 Å². The fourth-order valence-electron chi connectivity index (χ4n) is 1.53. The maximum absolute atomic E-state index is 12.1. The molecule has 0 aliphatic heterocycles. The molecule has 21 heavy (non-hydrogen) atoms. The summed E-state index contributed by atoms with van der Waals surface area (Å²) in [7, 11) is 1.63. The molecule has 0 aromatic heterocycles. The second-order valence-corrected chi connectivity index (χ2v) is 5.98. The minimum Gasteiger partial charge on any atom is -0.491 e. The van der Waals surface area contributed by atoms with Crippen molar-refractivity contribution in [3.63, 3.8) is 0 Å². The number of hydrogen-bond acceptors (Lipinski definition) is 3. The van der Waals surface area contributed by atoms with E-state index in [-0.39, 0.29) is 0 Å². The zero-order valence-electron chi connectivity index (χ0n) is 11.4. The Labute approximate surface area is 138 Å². The molecule has 0 heterocycles. The lowest BCUT2D eigenvalue weighted by Crippen LogP contribution is -2.18. The second kappa shape index (κ2) is 8.97. The molecule has 1 rings (SSSR count). The lowest BCUT2D eigenvalue weighted by molar-refractivity contribution is -0.139. The van der Waals surface area contributed by atoms with Gasteiger partial charge < -0.3 is 14.8 Å². The molecule has 1 aromatic carbocycles. The monoisotopic (exact) mass is 433 g/mol. The Kier molecular flexibility index (Phi) is 8.00. The molecule has 0 saturated carbocycles. The summed E-state index contributed by atoms with van der Waals surface area (Å²) in [5, 5.41) is 3.18. The van der Waals surface area contributed by atoms with Crippen LogP contribution in [0, 0.1) is 0 Å². The lowest BCUT2D eigenvalue weighted by Gasteiger charge is -2.13. The molecule has 0 atom stereocenters. The molecule has 120 valence electrons. The number of halogens is 5. The molecule has 1 aromatic rings. The smallest absolute Gasteiger partial charge is 0.392 e. The van der Waals surface area contributed by atoms with Gasteiger partial charge in [-0.3, -0.25) is 0 Å². The maximum Gasteiger partial charge on any atom is 0.392 e. The van der Waals surface area contributed by atoms with E-state index < -0.39 is 19.2 Å². The minimum absolute atomic E-state index is 0.375. The summed E-state index contributed by atoms with van der Waals surface area (Å²) in [6.45, 7) is 1.55. The van der Waals surface area contributed by atoms with Crippen LogP contribution in [0.4, 0.5) is 13.2 Å². The van der Waals surface area contributed by atoms with Gasteiger partial charge in [0.2, 0.25) is 0 Å². The Hall–Kier alpha value is -0.310. The fraction of sp³-hybridized carbons (Fsp3) is 0.538. The summed E-state index contributed by atoms with van der Waals surface area (Å²) in [6.07, 6.45) is -5.20. The van der Waals surface area contributed by atoms with E-state index in [1.54, 1.807) is 7.11 Å². The number of methoxy groups -OCH3 is 1. The lowest BCUT2D eigenvalue weighted by atomic mass is 10.2. The van der Waals surface area contributed by atoms with Crippen LogP contribution >= 0.6 is 31.9 Å². The quantitative estimate of drug-likeness (QED) is 0.619. The first-order valence-corrected chi connectivity index (χ1v) is 7.79. The highest BCUT2D eigenvalue weighted by atomic mass is 79.9. The van der Waals surface area contributed by atoms with Crippen molar-refractivity contribution in [1.29, 1.82) is 0 Å². The van der Waals surface area contributed by atoms with Crippen molar-refractivity contribution in [3.8, 4) is 5.75 Å².